The Labute approximate surface area is 189 Å². The summed E-state index contributed by atoms with van der Waals surface area (Å²) in [4.78, 5) is 35.0. The fourth-order valence-electron chi connectivity index (χ4n) is 3.33. The zero-order chi connectivity index (χ0) is 23.4. The van der Waals surface area contributed by atoms with E-state index in [2.05, 4.69) is 10.6 Å². The molecule has 0 aromatic heterocycles. The lowest BCUT2D eigenvalue weighted by atomic mass is 10.1. The molecule has 0 unspecified atom stereocenters. The van der Waals surface area contributed by atoms with Crippen molar-refractivity contribution < 1.29 is 19.2 Å². The molecular formula is C25H19N3O5. The molecule has 0 spiro atoms. The summed E-state index contributed by atoms with van der Waals surface area (Å²) in [6, 6.07) is 23.7. The number of nitro groups is 1. The highest BCUT2D eigenvalue weighted by Gasteiger charge is 2.20. The maximum absolute atomic E-state index is 12.7. The number of anilines is 2. The monoisotopic (exact) mass is 441 g/mol. The molecule has 2 N–H and O–H groups in total. The number of rotatable bonds is 6. The van der Waals surface area contributed by atoms with E-state index in [1.54, 1.807) is 30.3 Å². The van der Waals surface area contributed by atoms with Crippen molar-refractivity contribution in [2.75, 3.05) is 10.6 Å². The lowest BCUT2D eigenvalue weighted by Crippen LogP contribution is -2.12. The molecule has 2 amide bonds. The van der Waals surface area contributed by atoms with Crippen LogP contribution >= 0.6 is 0 Å². The lowest BCUT2D eigenvalue weighted by Gasteiger charge is -2.10. The van der Waals surface area contributed by atoms with E-state index in [1.165, 1.54) is 25.1 Å². The van der Waals surface area contributed by atoms with Gasteiger partial charge in [-0.1, -0.05) is 36.4 Å². The fraction of sp³-hybridized carbons (Fsp3) is 0.0400. The maximum atomic E-state index is 12.7. The van der Waals surface area contributed by atoms with Gasteiger partial charge in [-0.05, 0) is 47.2 Å². The standard InChI is InChI=1S/C25H19N3O5/c1-16(29)26-20-7-4-8-22(15-20)33-24-12-10-19(14-23(24)28(31)32)25(30)27-21-11-9-17-5-2-3-6-18(17)13-21/h2-15H,1H3,(H,26,29)(H,27,30). The van der Waals surface area contributed by atoms with Crippen LogP contribution in [-0.2, 0) is 4.79 Å². The first kappa shape index (κ1) is 21.5. The van der Waals surface area contributed by atoms with E-state index >= 15 is 0 Å². The topological polar surface area (TPSA) is 111 Å². The molecule has 4 rings (SSSR count). The molecular weight excluding hydrogens is 422 g/mol. The largest absolute Gasteiger partial charge is 0.450 e. The van der Waals surface area contributed by atoms with Gasteiger partial charge >= 0.3 is 5.69 Å². The van der Waals surface area contributed by atoms with Crippen LogP contribution in [0.2, 0.25) is 0 Å². The predicted octanol–water partition coefficient (Wildman–Crippen LogP) is 5.75. The molecule has 164 valence electrons. The molecule has 0 heterocycles. The molecule has 8 heteroatoms. The van der Waals surface area contributed by atoms with Crippen molar-refractivity contribution in [3.8, 4) is 11.5 Å². The predicted molar refractivity (Wildman–Crippen MR) is 126 cm³/mol. The van der Waals surface area contributed by atoms with Crippen molar-refractivity contribution in [2.24, 2.45) is 0 Å². The first-order valence-corrected chi connectivity index (χ1v) is 10.0. The van der Waals surface area contributed by atoms with Gasteiger partial charge in [-0.2, -0.15) is 0 Å². The number of ether oxygens (including phenoxy) is 1. The van der Waals surface area contributed by atoms with Crippen molar-refractivity contribution in [1.82, 2.24) is 0 Å². The van der Waals surface area contributed by atoms with E-state index in [0.717, 1.165) is 10.8 Å². The van der Waals surface area contributed by atoms with Gasteiger partial charge in [0.05, 0.1) is 4.92 Å². The summed E-state index contributed by atoms with van der Waals surface area (Å²) in [5.74, 6) is -0.451. The molecule has 0 aliphatic heterocycles. The van der Waals surface area contributed by atoms with Crippen LogP contribution in [0, 0.1) is 10.1 Å². The molecule has 0 saturated heterocycles. The number of nitrogens with zero attached hydrogens (tertiary/aromatic N) is 1. The highest BCUT2D eigenvalue weighted by molar-refractivity contribution is 6.05. The summed E-state index contributed by atoms with van der Waals surface area (Å²) in [5, 5.41) is 19.0. The molecule has 0 radical (unpaired) electrons. The van der Waals surface area contributed by atoms with Gasteiger partial charge in [-0.15, -0.1) is 0 Å². The van der Waals surface area contributed by atoms with Crippen LogP contribution in [0.5, 0.6) is 11.5 Å². The summed E-state index contributed by atoms with van der Waals surface area (Å²) in [7, 11) is 0. The van der Waals surface area contributed by atoms with Gasteiger partial charge in [0.15, 0.2) is 0 Å². The van der Waals surface area contributed by atoms with Crippen molar-refractivity contribution >= 4 is 39.6 Å². The maximum Gasteiger partial charge on any atom is 0.312 e. The van der Waals surface area contributed by atoms with Crippen molar-refractivity contribution in [3.05, 3.63) is 101 Å². The number of benzene rings is 4. The van der Waals surface area contributed by atoms with Crippen molar-refractivity contribution in [3.63, 3.8) is 0 Å². The van der Waals surface area contributed by atoms with Gasteiger partial charge in [0.2, 0.25) is 11.7 Å². The second-order valence-electron chi connectivity index (χ2n) is 7.27. The average Bonchev–Trinajstić information content (AvgIpc) is 2.79. The minimum Gasteiger partial charge on any atom is -0.450 e. The van der Waals surface area contributed by atoms with E-state index in [1.807, 2.05) is 36.4 Å². The third-order valence-electron chi connectivity index (χ3n) is 4.81. The Balaban J connectivity index is 1.56. The highest BCUT2D eigenvalue weighted by Crippen LogP contribution is 2.33. The molecule has 0 fully saturated rings. The average molecular weight is 441 g/mol. The Bertz CT molecular complexity index is 1380. The Morgan fingerprint density at radius 2 is 1.58 bits per heavy atom. The summed E-state index contributed by atoms with van der Waals surface area (Å²) >= 11 is 0. The molecule has 0 aliphatic rings. The Morgan fingerprint density at radius 1 is 0.818 bits per heavy atom. The van der Waals surface area contributed by atoms with E-state index in [9.17, 15) is 19.7 Å². The summed E-state index contributed by atoms with van der Waals surface area (Å²) in [6.07, 6.45) is 0. The van der Waals surface area contributed by atoms with E-state index in [0.29, 0.717) is 17.1 Å². The molecule has 4 aromatic rings. The molecule has 4 aromatic carbocycles. The van der Waals surface area contributed by atoms with Crippen LogP contribution in [-0.4, -0.2) is 16.7 Å². The van der Waals surface area contributed by atoms with E-state index in [4.69, 9.17) is 4.74 Å². The van der Waals surface area contributed by atoms with Crippen LogP contribution in [0.1, 0.15) is 17.3 Å². The second-order valence-corrected chi connectivity index (χ2v) is 7.27. The van der Waals surface area contributed by atoms with Crippen molar-refractivity contribution in [2.45, 2.75) is 6.92 Å². The molecule has 0 aliphatic carbocycles. The zero-order valence-electron chi connectivity index (χ0n) is 17.6. The Morgan fingerprint density at radius 3 is 2.33 bits per heavy atom. The molecule has 0 bridgehead atoms. The van der Waals surface area contributed by atoms with Crippen LogP contribution in [0.15, 0.2) is 84.9 Å². The Hall–Kier alpha value is -4.72. The quantitative estimate of drug-likeness (QED) is 0.292. The summed E-state index contributed by atoms with van der Waals surface area (Å²) < 4.78 is 5.67. The number of hydrogen-bond acceptors (Lipinski definition) is 5. The lowest BCUT2D eigenvalue weighted by molar-refractivity contribution is -0.385. The van der Waals surface area contributed by atoms with Gasteiger partial charge < -0.3 is 15.4 Å². The van der Waals surface area contributed by atoms with E-state index < -0.39 is 10.8 Å². The van der Waals surface area contributed by atoms with Gasteiger partial charge in [0.1, 0.15) is 5.75 Å². The van der Waals surface area contributed by atoms with Crippen molar-refractivity contribution in [1.29, 1.82) is 0 Å². The second kappa shape index (κ2) is 9.19. The summed E-state index contributed by atoms with van der Waals surface area (Å²) in [6.45, 7) is 1.38. The minimum atomic E-state index is -0.611. The number of hydrogen-bond donors (Lipinski definition) is 2. The number of amides is 2. The summed E-state index contributed by atoms with van der Waals surface area (Å²) in [5.41, 5.74) is 0.839. The van der Waals surface area contributed by atoms with Crippen LogP contribution < -0.4 is 15.4 Å². The third kappa shape index (κ3) is 5.13. The van der Waals surface area contributed by atoms with Gasteiger partial charge in [-0.3, -0.25) is 19.7 Å². The number of carbonyl (C=O) groups excluding carboxylic acids is 2. The van der Waals surface area contributed by atoms with Gasteiger partial charge in [0.25, 0.3) is 5.91 Å². The zero-order valence-corrected chi connectivity index (χ0v) is 17.6. The van der Waals surface area contributed by atoms with Crippen LogP contribution in [0.25, 0.3) is 10.8 Å². The van der Waals surface area contributed by atoms with E-state index in [-0.39, 0.29) is 22.9 Å². The highest BCUT2D eigenvalue weighted by atomic mass is 16.6. The number of nitrogens with one attached hydrogen (secondary N) is 2. The smallest absolute Gasteiger partial charge is 0.312 e. The minimum absolute atomic E-state index is 0.0257. The number of nitro benzene ring substituents is 1. The van der Waals surface area contributed by atoms with Crippen LogP contribution in [0.3, 0.4) is 0 Å². The first-order chi connectivity index (χ1) is 15.9. The molecule has 0 saturated carbocycles. The molecule has 8 nitrogen and oxygen atoms in total. The number of fused-ring (bicyclic) bond motifs is 1. The SMILES string of the molecule is CC(=O)Nc1cccc(Oc2ccc(C(=O)Nc3ccc4ccccc4c3)cc2[N+](=O)[O-])c1. The normalized spacial score (nSPS) is 10.5. The third-order valence-corrected chi connectivity index (χ3v) is 4.81. The molecule has 33 heavy (non-hydrogen) atoms. The Kier molecular flexibility index (Phi) is 5.99. The van der Waals surface area contributed by atoms with Gasteiger partial charge in [-0.25, -0.2) is 0 Å². The van der Waals surface area contributed by atoms with Gasteiger partial charge in [0, 0.05) is 36.0 Å². The number of carbonyl (C=O) groups is 2. The van der Waals surface area contributed by atoms with Crippen LogP contribution in [0.4, 0.5) is 17.1 Å². The molecule has 0 atom stereocenters. The fourth-order valence-corrected chi connectivity index (χ4v) is 3.33. The first-order valence-electron chi connectivity index (χ1n) is 10.0.